The van der Waals surface area contributed by atoms with Gasteiger partial charge in [-0.05, 0) is 24.3 Å². The van der Waals surface area contributed by atoms with Gasteiger partial charge in [-0.2, -0.15) is 0 Å². The third-order valence-electron chi connectivity index (χ3n) is 2.73. The van der Waals surface area contributed by atoms with E-state index in [9.17, 15) is 0 Å². The van der Waals surface area contributed by atoms with Gasteiger partial charge in [0.2, 0.25) is 0 Å². The highest BCUT2D eigenvalue weighted by molar-refractivity contribution is 5.85. The fraction of sp³-hybridized carbons (Fsp3) is 0.600. The molecule has 0 radical (unpaired) electrons. The van der Waals surface area contributed by atoms with Crippen molar-refractivity contribution in [1.82, 2.24) is 9.97 Å². The first-order valence-corrected chi connectivity index (χ1v) is 4.91. The van der Waals surface area contributed by atoms with E-state index in [2.05, 4.69) is 9.97 Å². The quantitative estimate of drug-likeness (QED) is 0.818. The molecule has 2 rings (SSSR count). The van der Waals surface area contributed by atoms with E-state index in [4.69, 9.17) is 5.73 Å². The first-order valence-electron chi connectivity index (χ1n) is 4.91. The average Bonchev–Trinajstić information content (AvgIpc) is 2.71. The third-order valence-corrected chi connectivity index (χ3v) is 2.73. The molecule has 0 unspecified atom stereocenters. The summed E-state index contributed by atoms with van der Waals surface area (Å²) in [6.07, 6.45) is 9.17. The Kier molecular flexibility index (Phi) is 4.29. The molecule has 78 valence electrons. The van der Waals surface area contributed by atoms with Gasteiger partial charge >= 0.3 is 0 Å². The summed E-state index contributed by atoms with van der Waals surface area (Å²) in [6, 6.07) is 0. The Morgan fingerprint density at radius 1 is 1.21 bits per heavy atom. The van der Waals surface area contributed by atoms with Gasteiger partial charge in [-0.15, -0.1) is 12.4 Å². The van der Waals surface area contributed by atoms with Crippen molar-refractivity contribution in [3.8, 4) is 0 Å². The van der Waals surface area contributed by atoms with Crippen molar-refractivity contribution in [2.75, 3.05) is 0 Å². The molecule has 4 heteroatoms. The molecule has 14 heavy (non-hydrogen) atoms. The predicted molar refractivity (Wildman–Crippen MR) is 58.4 cm³/mol. The summed E-state index contributed by atoms with van der Waals surface area (Å²) >= 11 is 0. The number of nitrogens with two attached hydrogens (primary N) is 1. The highest BCUT2D eigenvalue weighted by Gasteiger charge is 2.17. The number of rotatable bonds is 2. The standard InChI is InChI=1S/C10H15N3.ClH/c11-5-10-12-6-9(7-13-10)8-3-1-2-4-8;/h6-8H,1-5,11H2;1H. The van der Waals surface area contributed by atoms with E-state index in [-0.39, 0.29) is 12.4 Å². The lowest BCUT2D eigenvalue weighted by molar-refractivity contribution is 0.708. The lowest BCUT2D eigenvalue weighted by Crippen LogP contribution is -2.04. The van der Waals surface area contributed by atoms with Crippen LogP contribution < -0.4 is 5.73 Å². The molecule has 1 saturated carbocycles. The summed E-state index contributed by atoms with van der Waals surface area (Å²) in [5.41, 5.74) is 6.72. The summed E-state index contributed by atoms with van der Waals surface area (Å²) in [7, 11) is 0. The molecule has 1 heterocycles. The normalized spacial score (nSPS) is 16.6. The Morgan fingerprint density at radius 3 is 2.29 bits per heavy atom. The largest absolute Gasteiger partial charge is 0.324 e. The molecule has 1 aliphatic rings. The summed E-state index contributed by atoms with van der Waals surface area (Å²) in [4.78, 5) is 8.41. The smallest absolute Gasteiger partial charge is 0.141 e. The minimum atomic E-state index is 0. The Morgan fingerprint density at radius 2 is 1.79 bits per heavy atom. The maximum absolute atomic E-state index is 5.43. The first-order chi connectivity index (χ1) is 6.40. The fourth-order valence-corrected chi connectivity index (χ4v) is 1.94. The van der Waals surface area contributed by atoms with Crippen molar-refractivity contribution in [2.45, 2.75) is 38.1 Å². The van der Waals surface area contributed by atoms with Crippen molar-refractivity contribution in [3.05, 3.63) is 23.8 Å². The molecular formula is C10H16ClN3. The van der Waals surface area contributed by atoms with Gasteiger partial charge in [0.05, 0.1) is 6.54 Å². The van der Waals surface area contributed by atoms with Crippen LogP contribution in [0, 0.1) is 0 Å². The zero-order valence-corrected chi connectivity index (χ0v) is 8.96. The number of nitrogens with zero attached hydrogens (tertiary/aromatic N) is 2. The topological polar surface area (TPSA) is 51.8 Å². The van der Waals surface area contributed by atoms with Crippen molar-refractivity contribution >= 4 is 12.4 Å². The van der Waals surface area contributed by atoms with Crippen LogP contribution in [0.1, 0.15) is 43.0 Å². The number of hydrogen-bond donors (Lipinski definition) is 1. The molecule has 0 bridgehead atoms. The molecule has 2 N–H and O–H groups in total. The van der Waals surface area contributed by atoms with Crippen molar-refractivity contribution in [1.29, 1.82) is 0 Å². The van der Waals surface area contributed by atoms with Gasteiger partial charge in [0, 0.05) is 12.4 Å². The molecule has 0 amide bonds. The van der Waals surface area contributed by atoms with Gasteiger partial charge in [-0.25, -0.2) is 9.97 Å². The molecule has 1 fully saturated rings. The minimum Gasteiger partial charge on any atom is -0.324 e. The highest BCUT2D eigenvalue weighted by Crippen LogP contribution is 2.33. The van der Waals surface area contributed by atoms with Crippen LogP contribution in [0.2, 0.25) is 0 Å². The lowest BCUT2D eigenvalue weighted by atomic mass is 10.0. The minimum absolute atomic E-state index is 0. The van der Waals surface area contributed by atoms with Crippen LogP contribution in [-0.2, 0) is 6.54 Å². The van der Waals surface area contributed by atoms with Crippen molar-refractivity contribution < 1.29 is 0 Å². The van der Waals surface area contributed by atoms with Gasteiger partial charge in [0.15, 0.2) is 0 Å². The van der Waals surface area contributed by atoms with Crippen LogP contribution >= 0.6 is 12.4 Å². The van der Waals surface area contributed by atoms with E-state index in [1.165, 1.54) is 31.2 Å². The summed E-state index contributed by atoms with van der Waals surface area (Å²) < 4.78 is 0. The van der Waals surface area contributed by atoms with Gasteiger partial charge in [0.1, 0.15) is 5.82 Å². The van der Waals surface area contributed by atoms with Crippen molar-refractivity contribution in [3.63, 3.8) is 0 Å². The third kappa shape index (κ3) is 2.42. The van der Waals surface area contributed by atoms with Crippen LogP contribution in [0.25, 0.3) is 0 Å². The zero-order chi connectivity index (χ0) is 9.10. The second-order valence-electron chi connectivity index (χ2n) is 3.62. The molecule has 3 nitrogen and oxygen atoms in total. The van der Waals surface area contributed by atoms with E-state index in [1.807, 2.05) is 12.4 Å². The van der Waals surface area contributed by atoms with E-state index >= 15 is 0 Å². The molecule has 0 aromatic carbocycles. The molecule has 1 aromatic rings. The maximum Gasteiger partial charge on any atom is 0.141 e. The van der Waals surface area contributed by atoms with Gasteiger partial charge < -0.3 is 5.73 Å². The zero-order valence-electron chi connectivity index (χ0n) is 8.15. The predicted octanol–water partition coefficient (Wildman–Crippen LogP) is 2.01. The lowest BCUT2D eigenvalue weighted by Gasteiger charge is -2.07. The first kappa shape index (κ1) is 11.4. The molecular weight excluding hydrogens is 198 g/mol. The van der Waals surface area contributed by atoms with Crippen LogP contribution in [0.15, 0.2) is 12.4 Å². The van der Waals surface area contributed by atoms with E-state index in [0.29, 0.717) is 12.5 Å². The monoisotopic (exact) mass is 213 g/mol. The summed E-state index contributed by atoms with van der Waals surface area (Å²) in [5, 5.41) is 0. The van der Waals surface area contributed by atoms with Crippen LogP contribution in [-0.4, -0.2) is 9.97 Å². The SMILES string of the molecule is Cl.NCc1ncc(C2CCCC2)cn1. The van der Waals surface area contributed by atoms with Gasteiger partial charge in [-0.3, -0.25) is 0 Å². The van der Waals surface area contributed by atoms with Crippen LogP contribution in [0.5, 0.6) is 0 Å². The van der Waals surface area contributed by atoms with E-state index in [0.717, 1.165) is 5.82 Å². The molecule has 1 aliphatic carbocycles. The second-order valence-corrected chi connectivity index (χ2v) is 3.62. The molecule has 0 saturated heterocycles. The Labute approximate surface area is 90.5 Å². The number of aromatic nitrogens is 2. The summed E-state index contributed by atoms with van der Waals surface area (Å²) in [5.74, 6) is 1.44. The summed E-state index contributed by atoms with van der Waals surface area (Å²) in [6.45, 7) is 0.435. The van der Waals surface area contributed by atoms with E-state index in [1.54, 1.807) is 0 Å². The van der Waals surface area contributed by atoms with Gasteiger partial charge in [-0.1, -0.05) is 12.8 Å². The molecule has 0 aliphatic heterocycles. The number of halogens is 1. The highest BCUT2D eigenvalue weighted by atomic mass is 35.5. The fourth-order valence-electron chi connectivity index (χ4n) is 1.94. The molecule has 1 aromatic heterocycles. The average molecular weight is 214 g/mol. The molecule has 0 atom stereocenters. The van der Waals surface area contributed by atoms with Crippen LogP contribution in [0.4, 0.5) is 0 Å². The maximum atomic E-state index is 5.43. The Hall–Kier alpha value is -0.670. The molecule has 0 spiro atoms. The van der Waals surface area contributed by atoms with Gasteiger partial charge in [0.25, 0.3) is 0 Å². The second kappa shape index (κ2) is 5.27. The Bertz CT molecular complexity index is 267. The van der Waals surface area contributed by atoms with Crippen molar-refractivity contribution in [2.24, 2.45) is 5.73 Å². The number of hydrogen-bond acceptors (Lipinski definition) is 3. The van der Waals surface area contributed by atoms with E-state index < -0.39 is 0 Å². The van der Waals surface area contributed by atoms with Crippen LogP contribution in [0.3, 0.4) is 0 Å². The Balaban J connectivity index is 0.000000980.